The molecule has 0 amide bonds. The molecular weight excluding hydrogens is 680 g/mol. The van der Waals surface area contributed by atoms with Crippen molar-refractivity contribution in [3.8, 4) is 17.3 Å². The van der Waals surface area contributed by atoms with E-state index in [1.54, 1.807) is 31.2 Å². The number of halogens is 5. The third-order valence-corrected chi connectivity index (χ3v) is 5.39. The number of aromatic nitrogens is 1. The summed E-state index contributed by atoms with van der Waals surface area (Å²) >= 11 is 27.1. The molecule has 0 radical (unpaired) electrons. The number of nitrogens with zero attached hydrogens (tertiary/aromatic N) is 2. The van der Waals surface area contributed by atoms with Crippen LogP contribution in [0.15, 0.2) is 28.7 Å². The van der Waals surface area contributed by atoms with Gasteiger partial charge in [0.25, 0.3) is 0 Å². The minimum absolute atomic E-state index is 0. The number of thiocarbonyl (C=S) groups is 2. The Labute approximate surface area is 250 Å². The number of alkyl halides is 3. The third kappa shape index (κ3) is 11.9. The van der Waals surface area contributed by atoms with Crippen molar-refractivity contribution in [3.63, 3.8) is 0 Å². The quantitative estimate of drug-likeness (QED) is 0.151. The molecule has 6 nitrogen and oxygen atoms in total. The zero-order valence-electron chi connectivity index (χ0n) is 18.4. The average Bonchev–Trinajstić information content (AvgIpc) is 3.02. The van der Waals surface area contributed by atoms with Crippen molar-refractivity contribution in [2.75, 3.05) is 19.7 Å². The van der Waals surface area contributed by atoms with Gasteiger partial charge in [0.1, 0.15) is 18.5 Å². The van der Waals surface area contributed by atoms with Gasteiger partial charge in [0.2, 0.25) is 0 Å². The van der Waals surface area contributed by atoms with Gasteiger partial charge in [-0.25, -0.2) is 0 Å². The standard InChI is InChI=1S/C15H11BrClF3N2O.C4H8N2S4.H3N.Zn/c1-2-23-8-22-13(9-3-5-10(17)6-4-9)11(7-21)12(16)14(22)15(18,19)20;7-3(8)5-1-2-6-4(9)10;;/h3-6H,2,8H2,1H3;1-2H2,(H2,5,7,8)(H2,6,9,10);1H3;/q;;;+2/p-2. The fourth-order valence-electron chi connectivity index (χ4n) is 2.52. The number of nitrogens with one attached hydrogen (secondary N) is 2. The normalized spacial score (nSPS) is 9.97. The number of nitriles is 1. The zero-order valence-corrected chi connectivity index (χ0v) is 27.0. The number of hydrogen-bond acceptors (Lipinski definition) is 7. The number of ether oxygens (including phenoxy) is 1. The van der Waals surface area contributed by atoms with Gasteiger partial charge < -0.3 is 75.8 Å². The maximum Gasteiger partial charge on any atom is 2.00 e. The molecule has 35 heavy (non-hydrogen) atoms. The van der Waals surface area contributed by atoms with Gasteiger partial charge in [0.05, 0.1) is 15.7 Å². The molecule has 2 aromatic rings. The average molecular weight is 700 g/mol. The molecule has 0 aliphatic rings. The Morgan fingerprint density at radius 3 is 2.03 bits per heavy atom. The Hall–Kier alpha value is -0.687. The van der Waals surface area contributed by atoms with Crippen molar-refractivity contribution in [2.45, 2.75) is 19.8 Å². The summed E-state index contributed by atoms with van der Waals surface area (Å²) in [6, 6.07) is 8.06. The molecule has 0 aliphatic heterocycles. The van der Waals surface area contributed by atoms with Crippen LogP contribution in [-0.4, -0.2) is 32.9 Å². The molecule has 0 bridgehead atoms. The summed E-state index contributed by atoms with van der Waals surface area (Å²) in [6.07, 6.45) is -4.63. The summed E-state index contributed by atoms with van der Waals surface area (Å²) in [5.41, 5.74) is -0.467. The minimum atomic E-state index is -4.63. The van der Waals surface area contributed by atoms with Gasteiger partial charge in [-0.15, -0.1) is 0 Å². The summed E-state index contributed by atoms with van der Waals surface area (Å²) < 4.78 is 46.8. The molecular formula is C19H20BrClF3N5OS4Zn. The Morgan fingerprint density at radius 1 is 1.17 bits per heavy atom. The van der Waals surface area contributed by atoms with Crippen molar-refractivity contribution in [2.24, 2.45) is 0 Å². The molecule has 0 saturated carbocycles. The predicted octanol–water partition coefficient (Wildman–Crippen LogP) is 5.44. The first-order valence-electron chi connectivity index (χ1n) is 9.06. The van der Waals surface area contributed by atoms with Crippen LogP contribution < -0.4 is 16.8 Å². The molecule has 0 aliphatic carbocycles. The molecule has 1 aromatic heterocycles. The molecule has 0 saturated heterocycles. The maximum atomic E-state index is 13.4. The van der Waals surface area contributed by atoms with Crippen LogP contribution in [0.25, 0.3) is 11.3 Å². The summed E-state index contributed by atoms with van der Waals surface area (Å²) in [5.74, 6) is 0. The second-order valence-electron chi connectivity index (χ2n) is 5.98. The van der Waals surface area contributed by atoms with Crippen molar-refractivity contribution in [1.29, 1.82) is 5.26 Å². The Balaban J connectivity index is 0. The summed E-state index contributed by atoms with van der Waals surface area (Å²) in [4.78, 5) is 0. The van der Waals surface area contributed by atoms with Crippen molar-refractivity contribution in [1.82, 2.24) is 21.4 Å². The molecule has 16 heteroatoms. The number of rotatable bonds is 7. The molecule has 0 spiro atoms. The Kier molecular flexibility index (Phi) is 18.5. The first-order chi connectivity index (χ1) is 15.4. The van der Waals surface area contributed by atoms with Crippen LogP contribution in [0.5, 0.6) is 0 Å². The minimum Gasteiger partial charge on any atom is -0.412 e. The predicted molar refractivity (Wildman–Crippen MR) is 145 cm³/mol. The van der Waals surface area contributed by atoms with E-state index in [-0.39, 0.29) is 54.7 Å². The van der Waals surface area contributed by atoms with Gasteiger partial charge in [0.15, 0.2) is 0 Å². The molecule has 188 valence electrons. The van der Waals surface area contributed by atoms with Crippen molar-refractivity contribution >= 4 is 85.9 Å². The van der Waals surface area contributed by atoms with E-state index < -0.39 is 11.9 Å². The SMILES string of the molecule is CCOCn1c(-c2ccc(Cl)cc2)c(C#N)c(Br)c1C(F)(F)F.N.S=C([S-])NCCNC(=S)[S-].[Zn+2]. The maximum absolute atomic E-state index is 13.4. The first-order valence-corrected chi connectivity index (χ1v) is 11.9. The first kappa shape index (κ1) is 36.5. The van der Waals surface area contributed by atoms with Gasteiger partial charge in [-0.3, -0.25) is 0 Å². The van der Waals surface area contributed by atoms with Crippen LogP contribution in [0.2, 0.25) is 5.02 Å². The van der Waals surface area contributed by atoms with E-state index in [0.29, 0.717) is 32.3 Å². The molecule has 2 rings (SSSR count). The van der Waals surface area contributed by atoms with E-state index >= 15 is 0 Å². The van der Waals surface area contributed by atoms with Crippen LogP contribution in [0, 0.1) is 11.3 Å². The van der Waals surface area contributed by atoms with E-state index in [9.17, 15) is 18.4 Å². The largest absolute Gasteiger partial charge is 2.00 e. The summed E-state index contributed by atoms with van der Waals surface area (Å²) in [5, 5.41) is 15.3. The van der Waals surface area contributed by atoms with E-state index in [2.05, 4.69) is 76.3 Å². The molecule has 0 atom stereocenters. The number of benzene rings is 1. The van der Waals surface area contributed by atoms with Crippen LogP contribution in [0.4, 0.5) is 13.2 Å². The van der Waals surface area contributed by atoms with Crippen molar-refractivity contribution < 1.29 is 37.4 Å². The fraction of sp³-hybridized carbons (Fsp3) is 0.316. The van der Waals surface area contributed by atoms with E-state index in [1.807, 2.05) is 6.07 Å². The molecule has 5 N–H and O–H groups in total. The molecule has 0 fully saturated rings. The summed E-state index contributed by atoms with van der Waals surface area (Å²) in [7, 11) is 0. The fourth-order valence-corrected chi connectivity index (χ4v) is 3.77. The molecule has 1 aromatic carbocycles. The second-order valence-corrected chi connectivity index (χ2v) is 9.36. The Morgan fingerprint density at radius 2 is 1.66 bits per heavy atom. The van der Waals surface area contributed by atoms with Crippen LogP contribution >= 0.6 is 52.0 Å². The molecule has 1 heterocycles. The van der Waals surface area contributed by atoms with Gasteiger partial charge in [-0.2, -0.15) is 18.4 Å². The van der Waals surface area contributed by atoms with Crippen LogP contribution in [0.3, 0.4) is 0 Å². The third-order valence-electron chi connectivity index (χ3n) is 3.79. The zero-order chi connectivity index (χ0) is 25.2. The monoisotopic (exact) mass is 697 g/mol. The smallest absolute Gasteiger partial charge is 0.412 e. The Bertz CT molecular complexity index is 1000. The summed E-state index contributed by atoms with van der Waals surface area (Å²) in [6.45, 7) is 2.94. The van der Waals surface area contributed by atoms with Gasteiger partial charge in [0, 0.05) is 24.7 Å². The molecule has 0 unspecified atom stereocenters. The van der Waals surface area contributed by atoms with Gasteiger partial charge in [-0.1, -0.05) is 32.4 Å². The van der Waals surface area contributed by atoms with Crippen LogP contribution in [0.1, 0.15) is 18.2 Å². The topological polar surface area (TPSA) is 97.0 Å². The van der Waals surface area contributed by atoms with E-state index in [0.717, 1.165) is 4.57 Å². The van der Waals surface area contributed by atoms with E-state index in [4.69, 9.17) is 16.3 Å². The van der Waals surface area contributed by atoms with E-state index in [1.165, 1.54) is 0 Å². The van der Waals surface area contributed by atoms with Crippen LogP contribution in [-0.2, 0) is 62.4 Å². The van der Waals surface area contributed by atoms with Crippen molar-refractivity contribution in [3.05, 3.63) is 45.0 Å². The second kappa shape index (κ2) is 17.7. The van der Waals surface area contributed by atoms with Gasteiger partial charge >= 0.3 is 25.7 Å². The number of hydrogen-bond donors (Lipinski definition) is 3. The van der Waals surface area contributed by atoms with Gasteiger partial charge in [-0.05, 0) is 40.5 Å².